The van der Waals surface area contributed by atoms with Crippen molar-refractivity contribution in [2.75, 3.05) is 7.05 Å². The van der Waals surface area contributed by atoms with Crippen LogP contribution in [0.2, 0.25) is 0 Å². The number of nitrogens with zero attached hydrogens (tertiary/aromatic N) is 2. The Morgan fingerprint density at radius 3 is 2.94 bits per heavy atom. The summed E-state index contributed by atoms with van der Waals surface area (Å²) in [6, 6.07) is 3.44. The van der Waals surface area contributed by atoms with Crippen molar-refractivity contribution in [2.45, 2.75) is 19.9 Å². The Kier molecular flexibility index (Phi) is 2.97. The van der Waals surface area contributed by atoms with Gasteiger partial charge >= 0.3 is 0 Å². The van der Waals surface area contributed by atoms with Crippen LogP contribution in [-0.2, 0) is 4.79 Å². The highest BCUT2D eigenvalue weighted by Crippen LogP contribution is 2.17. The van der Waals surface area contributed by atoms with Crippen LogP contribution in [0.4, 0.5) is 0 Å². The lowest BCUT2D eigenvalue weighted by molar-refractivity contribution is -0.123. The number of carbonyl (C=O) groups excluding carboxylic acids is 1. The van der Waals surface area contributed by atoms with E-state index in [-0.39, 0.29) is 11.9 Å². The van der Waals surface area contributed by atoms with Crippen molar-refractivity contribution in [3.8, 4) is 0 Å². The zero-order chi connectivity index (χ0) is 12.6. The Labute approximate surface area is 104 Å². The number of hydrogen-bond donors (Lipinski definition) is 2. The molecule has 0 spiro atoms. The number of nitrogens with one attached hydrogen (secondary N) is 2. The Hall–Kier alpha value is -1.69. The van der Waals surface area contributed by atoms with Gasteiger partial charge in [-0.2, -0.15) is 0 Å². The minimum Gasteiger partial charge on any atom is -0.357 e. The molecule has 2 aromatic heterocycles. The molecule has 0 aliphatic heterocycles. The predicted octanol–water partition coefficient (Wildman–Crippen LogP) is 1.71. The second-order valence-corrected chi connectivity index (χ2v) is 4.30. The van der Waals surface area contributed by atoms with Crippen molar-refractivity contribution in [2.24, 2.45) is 0 Å². The number of carbonyl (C=O) groups is 1. The number of likely N-dealkylation sites (N-methyl/N-ethyl adjacent to an activating group) is 1. The lowest BCUT2D eigenvalue weighted by atomic mass is 10.3. The summed E-state index contributed by atoms with van der Waals surface area (Å²) in [6.45, 7) is 3.70. The minimum absolute atomic E-state index is 0.0923. The quantitative estimate of drug-likeness (QED) is 0.798. The Bertz CT molecular complexity index is 628. The van der Waals surface area contributed by atoms with Crippen LogP contribution in [0.3, 0.4) is 0 Å². The van der Waals surface area contributed by atoms with E-state index < -0.39 is 0 Å². The van der Waals surface area contributed by atoms with Gasteiger partial charge in [0.25, 0.3) is 0 Å². The van der Waals surface area contributed by atoms with Crippen LogP contribution in [0.5, 0.6) is 0 Å². The van der Waals surface area contributed by atoms with Crippen molar-refractivity contribution in [1.29, 1.82) is 0 Å². The maximum absolute atomic E-state index is 11.7. The van der Waals surface area contributed by atoms with E-state index in [0.29, 0.717) is 10.4 Å². The Balaban J connectivity index is 2.67. The molecule has 90 valence electrons. The highest BCUT2D eigenvalue weighted by atomic mass is 32.1. The normalized spacial score (nSPS) is 12.6. The fourth-order valence-electron chi connectivity index (χ4n) is 1.78. The standard InChI is InChI=1S/C11H14N4OS/c1-6-4-5-8-9(13-6)15(11(17)14-8)7(2)10(16)12-3/h4-5,7H,1-3H3,(H,12,16)(H,14,17). The summed E-state index contributed by atoms with van der Waals surface area (Å²) >= 11 is 5.23. The topological polar surface area (TPSA) is 62.7 Å². The second kappa shape index (κ2) is 4.29. The summed E-state index contributed by atoms with van der Waals surface area (Å²) in [5.74, 6) is -0.0923. The van der Waals surface area contributed by atoms with Gasteiger partial charge < -0.3 is 10.3 Å². The molecule has 0 saturated carbocycles. The predicted molar refractivity (Wildman–Crippen MR) is 68.4 cm³/mol. The highest BCUT2D eigenvalue weighted by Gasteiger charge is 2.17. The van der Waals surface area contributed by atoms with Crippen molar-refractivity contribution in [1.82, 2.24) is 19.9 Å². The van der Waals surface area contributed by atoms with Crippen molar-refractivity contribution < 1.29 is 4.79 Å². The SMILES string of the molecule is CNC(=O)C(C)n1c(=S)[nH]c2ccc(C)nc21. The molecule has 1 atom stereocenters. The van der Waals surface area contributed by atoms with Crippen LogP contribution in [-0.4, -0.2) is 27.5 Å². The fraction of sp³-hybridized carbons (Fsp3) is 0.364. The van der Waals surface area contributed by atoms with Gasteiger partial charge in [-0.05, 0) is 38.2 Å². The largest absolute Gasteiger partial charge is 0.357 e. The van der Waals surface area contributed by atoms with E-state index in [0.717, 1.165) is 11.2 Å². The van der Waals surface area contributed by atoms with Gasteiger partial charge in [-0.1, -0.05) is 0 Å². The van der Waals surface area contributed by atoms with Crippen molar-refractivity contribution in [3.05, 3.63) is 22.6 Å². The molecule has 1 unspecified atom stereocenters. The third-order valence-corrected chi connectivity index (χ3v) is 3.01. The number of amides is 1. The van der Waals surface area contributed by atoms with Crippen LogP contribution >= 0.6 is 12.2 Å². The van der Waals surface area contributed by atoms with Crippen molar-refractivity contribution in [3.63, 3.8) is 0 Å². The smallest absolute Gasteiger partial charge is 0.242 e. The van der Waals surface area contributed by atoms with E-state index in [4.69, 9.17) is 12.2 Å². The highest BCUT2D eigenvalue weighted by molar-refractivity contribution is 7.71. The van der Waals surface area contributed by atoms with Gasteiger partial charge in [0, 0.05) is 12.7 Å². The molecular formula is C11H14N4OS. The van der Waals surface area contributed by atoms with Crippen LogP contribution in [0, 0.1) is 11.7 Å². The number of aromatic amines is 1. The van der Waals surface area contributed by atoms with Crippen LogP contribution in [0.25, 0.3) is 11.2 Å². The first-order chi connectivity index (χ1) is 8.04. The molecule has 0 aliphatic rings. The fourth-order valence-corrected chi connectivity index (χ4v) is 2.14. The summed E-state index contributed by atoms with van der Waals surface area (Å²) in [6.07, 6.45) is 0. The van der Waals surface area contributed by atoms with Gasteiger partial charge in [0.1, 0.15) is 6.04 Å². The average Bonchev–Trinajstić information content (AvgIpc) is 2.62. The molecule has 0 fully saturated rings. The number of aromatic nitrogens is 3. The Morgan fingerprint density at radius 1 is 1.59 bits per heavy atom. The van der Waals surface area contributed by atoms with Gasteiger partial charge in [-0.15, -0.1) is 0 Å². The summed E-state index contributed by atoms with van der Waals surface area (Å²) in [4.78, 5) is 19.1. The maximum atomic E-state index is 11.7. The zero-order valence-electron chi connectivity index (χ0n) is 9.94. The summed E-state index contributed by atoms with van der Waals surface area (Å²) in [5, 5.41) is 2.61. The molecule has 6 heteroatoms. The average molecular weight is 250 g/mol. The minimum atomic E-state index is -0.379. The van der Waals surface area contributed by atoms with Crippen LogP contribution in [0.1, 0.15) is 18.7 Å². The van der Waals surface area contributed by atoms with Crippen LogP contribution < -0.4 is 5.32 Å². The molecule has 0 aromatic carbocycles. The molecule has 2 rings (SSSR count). The molecular weight excluding hydrogens is 236 g/mol. The monoisotopic (exact) mass is 250 g/mol. The number of rotatable bonds is 2. The number of hydrogen-bond acceptors (Lipinski definition) is 3. The molecule has 2 N–H and O–H groups in total. The molecule has 0 bridgehead atoms. The van der Waals surface area contributed by atoms with E-state index in [9.17, 15) is 4.79 Å². The molecule has 2 heterocycles. The van der Waals surface area contributed by atoms with Gasteiger partial charge in [-0.25, -0.2) is 4.98 Å². The lowest BCUT2D eigenvalue weighted by Gasteiger charge is -2.12. The second-order valence-electron chi connectivity index (χ2n) is 3.91. The molecule has 2 aromatic rings. The molecule has 0 radical (unpaired) electrons. The first-order valence-electron chi connectivity index (χ1n) is 5.34. The van der Waals surface area contributed by atoms with E-state index in [1.165, 1.54) is 0 Å². The molecule has 17 heavy (non-hydrogen) atoms. The number of H-pyrrole nitrogens is 1. The molecule has 0 aliphatic carbocycles. The van der Waals surface area contributed by atoms with Gasteiger partial charge in [-0.3, -0.25) is 9.36 Å². The van der Waals surface area contributed by atoms with Gasteiger partial charge in [0.15, 0.2) is 10.4 Å². The number of aryl methyl sites for hydroxylation is 1. The van der Waals surface area contributed by atoms with Gasteiger partial charge in [0.05, 0.1) is 5.52 Å². The number of fused-ring (bicyclic) bond motifs is 1. The summed E-state index contributed by atoms with van der Waals surface area (Å²) in [7, 11) is 1.61. The summed E-state index contributed by atoms with van der Waals surface area (Å²) < 4.78 is 2.24. The van der Waals surface area contributed by atoms with E-state index in [1.54, 1.807) is 18.5 Å². The van der Waals surface area contributed by atoms with E-state index >= 15 is 0 Å². The third-order valence-electron chi connectivity index (χ3n) is 2.72. The van der Waals surface area contributed by atoms with Gasteiger partial charge in [0.2, 0.25) is 5.91 Å². The number of pyridine rings is 1. The molecule has 5 nitrogen and oxygen atoms in total. The van der Waals surface area contributed by atoms with E-state index in [1.807, 2.05) is 19.1 Å². The Morgan fingerprint density at radius 2 is 2.29 bits per heavy atom. The lowest BCUT2D eigenvalue weighted by Crippen LogP contribution is -2.28. The third kappa shape index (κ3) is 1.95. The summed E-state index contributed by atoms with van der Waals surface area (Å²) in [5.41, 5.74) is 2.45. The molecule has 1 amide bonds. The van der Waals surface area contributed by atoms with E-state index in [2.05, 4.69) is 15.3 Å². The maximum Gasteiger partial charge on any atom is 0.242 e. The van der Waals surface area contributed by atoms with Crippen molar-refractivity contribution >= 4 is 29.3 Å². The first kappa shape index (κ1) is 11.8. The first-order valence-corrected chi connectivity index (χ1v) is 5.75. The molecule has 0 saturated heterocycles. The number of imidazole rings is 1. The zero-order valence-corrected chi connectivity index (χ0v) is 10.8. The van der Waals surface area contributed by atoms with Crippen LogP contribution in [0.15, 0.2) is 12.1 Å².